The monoisotopic (exact) mass is 384 g/mol. The molecule has 0 fully saturated rings. The molecule has 0 saturated carbocycles. The third kappa shape index (κ3) is 6.94. The van der Waals surface area contributed by atoms with Crippen LogP contribution in [0.25, 0.3) is 0 Å². The zero-order valence-electron chi connectivity index (χ0n) is 14.7. The molecule has 2 aromatic carbocycles. The van der Waals surface area contributed by atoms with E-state index in [2.05, 4.69) is 18.7 Å². The average molecular weight is 385 g/mol. The van der Waals surface area contributed by atoms with E-state index in [1.165, 1.54) is 0 Å². The fourth-order valence-corrected chi connectivity index (χ4v) is 2.17. The van der Waals surface area contributed by atoms with E-state index in [0.717, 1.165) is 5.56 Å². The van der Waals surface area contributed by atoms with Gasteiger partial charge in [0.05, 0.1) is 5.56 Å². The van der Waals surface area contributed by atoms with E-state index in [4.69, 9.17) is 10.5 Å². The van der Waals surface area contributed by atoms with Gasteiger partial charge in [-0.05, 0) is 50.7 Å². The minimum atomic E-state index is -0.337. The lowest BCUT2D eigenvalue weighted by Gasteiger charge is -2.27. The van der Waals surface area contributed by atoms with Crippen molar-refractivity contribution in [3.63, 3.8) is 0 Å². The fraction of sp³-hybridized carbons (Fsp3) is 0.316. The summed E-state index contributed by atoms with van der Waals surface area (Å²) >= 11 is 0. The number of benzene rings is 2. The zero-order valence-corrected chi connectivity index (χ0v) is 16.3. The van der Waals surface area contributed by atoms with Crippen LogP contribution in [-0.2, 0) is 4.74 Å². The van der Waals surface area contributed by atoms with Crippen molar-refractivity contribution < 1.29 is 9.53 Å². The maximum absolute atomic E-state index is 12.4. The molecule has 0 bridgehead atoms. The minimum Gasteiger partial charge on any atom is -0.453 e. The third-order valence-corrected chi connectivity index (χ3v) is 3.90. The SMILES string of the molecule is CC(C)N(C)CC(OC(=O)c1ccc(N)cc1)c1ccccc1.Cl.Cl. The van der Waals surface area contributed by atoms with E-state index >= 15 is 0 Å². The van der Waals surface area contributed by atoms with Crippen LogP contribution in [0.4, 0.5) is 5.69 Å². The fourth-order valence-electron chi connectivity index (χ4n) is 2.17. The highest BCUT2D eigenvalue weighted by atomic mass is 35.5. The number of carbonyl (C=O) groups is 1. The summed E-state index contributed by atoms with van der Waals surface area (Å²) in [5, 5.41) is 0. The molecule has 0 spiro atoms. The molecule has 1 unspecified atom stereocenters. The number of carbonyl (C=O) groups excluding carboxylic acids is 1. The lowest BCUT2D eigenvalue weighted by atomic mass is 10.1. The molecule has 2 N–H and O–H groups in total. The summed E-state index contributed by atoms with van der Waals surface area (Å²) in [5.41, 5.74) is 7.78. The van der Waals surface area contributed by atoms with Crippen LogP contribution in [0.3, 0.4) is 0 Å². The number of ether oxygens (including phenoxy) is 1. The number of hydrogen-bond donors (Lipinski definition) is 1. The average Bonchev–Trinajstić information content (AvgIpc) is 2.55. The number of nitrogen functional groups attached to an aromatic ring is 1. The second-order valence-corrected chi connectivity index (χ2v) is 5.96. The maximum Gasteiger partial charge on any atom is 0.338 e. The van der Waals surface area contributed by atoms with Crippen molar-refractivity contribution in [2.24, 2.45) is 0 Å². The normalized spacial score (nSPS) is 11.4. The van der Waals surface area contributed by atoms with Crippen LogP contribution in [0.5, 0.6) is 0 Å². The quantitative estimate of drug-likeness (QED) is 0.593. The molecule has 0 aliphatic carbocycles. The smallest absolute Gasteiger partial charge is 0.338 e. The molecular weight excluding hydrogens is 359 g/mol. The van der Waals surface area contributed by atoms with Crippen LogP contribution in [0.15, 0.2) is 54.6 Å². The molecule has 0 amide bonds. The van der Waals surface area contributed by atoms with Gasteiger partial charge in [-0.2, -0.15) is 0 Å². The highest BCUT2D eigenvalue weighted by molar-refractivity contribution is 5.90. The van der Waals surface area contributed by atoms with Gasteiger partial charge in [-0.25, -0.2) is 4.79 Å². The van der Waals surface area contributed by atoms with Gasteiger partial charge in [0.25, 0.3) is 0 Å². The number of rotatable bonds is 6. The molecule has 6 heteroatoms. The van der Waals surface area contributed by atoms with Crippen molar-refractivity contribution in [2.45, 2.75) is 26.0 Å². The molecule has 0 radical (unpaired) electrons. The van der Waals surface area contributed by atoms with Gasteiger partial charge in [0.2, 0.25) is 0 Å². The number of halogens is 2. The number of anilines is 1. The predicted octanol–water partition coefficient (Wildman–Crippen LogP) is 4.35. The van der Waals surface area contributed by atoms with Crippen molar-refractivity contribution in [3.8, 4) is 0 Å². The first-order valence-corrected chi connectivity index (χ1v) is 7.79. The van der Waals surface area contributed by atoms with Gasteiger partial charge in [-0.3, -0.25) is 4.90 Å². The third-order valence-electron chi connectivity index (χ3n) is 3.90. The molecule has 25 heavy (non-hydrogen) atoms. The van der Waals surface area contributed by atoms with Gasteiger partial charge < -0.3 is 10.5 Å². The van der Waals surface area contributed by atoms with E-state index in [1.54, 1.807) is 24.3 Å². The van der Waals surface area contributed by atoms with Crippen LogP contribution in [0.1, 0.15) is 35.9 Å². The molecule has 0 aliphatic rings. The molecule has 2 rings (SSSR count). The summed E-state index contributed by atoms with van der Waals surface area (Å²) in [6.45, 7) is 4.87. The van der Waals surface area contributed by atoms with Crippen molar-refractivity contribution in [1.29, 1.82) is 0 Å². The van der Waals surface area contributed by atoms with E-state index in [1.807, 2.05) is 37.4 Å². The van der Waals surface area contributed by atoms with Crippen molar-refractivity contribution in [1.82, 2.24) is 4.90 Å². The number of likely N-dealkylation sites (N-methyl/N-ethyl adjacent to an activating group) is 1. The Morgan fingerprint density at radius 3 is 2.12 bits per heavy atom. The highest BCUT2D eigenvalue weighted by Crippen LogP contribution is 2.21. The van der Waals surface area contributed by atoms with Crippen LogP contribution < -0.4 is 5.73 Å². The first-order chi connectivity index (χ1) is 11.0. The van der Waals surface area contributed by atoms with Gasteiger partial charge in [-0.15, -0.1) is 24.8 Å². The molecule has 138 valence electrons. The first kappa shape index (κ1) is 23.2. The summed E-state index contributed by atoms with van der Waals surface area (Å²) in [7, 11) is 2.03. The maximum atomic E-state index is 12.4. The highest BCUT2D eigenvalue weighted by Gasteiger charge is 2.20. The van der Waals surface area contributed by atoms with Crippen molar-refractivity contribution in [2.75, 3.05) is 19.3 Å². The number of nitrogens with two attached hydrogens (primary N) is 1. The second kappa shape index (κ2) is 11.0. The summed E-state index contributed by atoms with van der Waals surface area (Å²) in [5.74, 6) is -0.337. The largest absolute Gasteiger partial charge is 0.453 e. The van der Waals surface area contributed by atoms with Gasteiger partial charge >= 0.3 is 5.97 Å². The Balaban J connectivity index is 0.00000288. The zero-order chi connectivity index (χ0) is 16.8. The van der Waals surface area contributed by atoms with Crippen molar-refractivity contribution in [3.05, 3.63) is 65.7 Å². The predicted molar refractivity (Wildman–Crippen MR) is 108 cm³/mol. The van der Waals surface area contributed by atoms with Gasteiger partial charge in [0.15, 0.2) is 0 Å². The Morgan fingerprint density at radius 2 is 1.60 bits per heavy atom. The Hall–Kier alpha value is -1.75. The topological polar surface area (TPSA) is 55.6 Å². The standard InChI is InChI=1S/C19H24N2O2.2ClH/c1-14(2)21(3)13-18(15-7-5-4-6-8-15)23-19(22)16-9-11-17(20)12-10-16;;/h4-12,14,18H,13,20H2,1-3H3;2*1H. The number of esters is 1. The number of hydrogen-bond acceptors (Lipinski definition) is 4. The molecule has 1 atom stereocenters. The summed E-state index contributed by atoms with van der Waals surface area (Å²) in [6, 6.07) is 17.0. The van der Waals surface area contributed by atoms with Crippen LogP contribution in [0.2, 0.25) is 0 Å². The van der Waals surface area contributed by atoms with Gasteiger partial charge in [0, 0.05) is 18.3 Å². The lowest BCUT2D eigenvalue weighted by Crippen LogP contribution is -2.32. The van der Waals surface area contributed by atoms with Crippen molar-refractivity contribution >= 4 is 36.5 Å². The van der Waals surface area contributed by atoms with Crippen LogP contribution in [-0.4, -0.2) is 30.5 Å². The Labute approximate surface area is 162 Å². The molecule has 2 aromatic rings. The van der Waals surface area contributed by atoms with Crippen LogP contribution >= 0.6 is 24.8 Å². The minimum absolute atomic E-state index is 0. The van der Waals surface area contributed by atoms with Gasteiger partial charge in [0.1, 0.15) is 6.10 Å². The number of nitrogens with zero attached hydrogens (tertiary/aromatic N) is 1. The molecule has 4 nitrogen and oxygen atoms in total. The summed E-state index contributed by atoms with van der Waals surface area (Å²) in [4.78, 5) is 14.6. The summed E-state index contributed by atoms with van der Waals surface area (Å²) in [6.07, 6.45) is -0.311. The Bertz CT molecular complexity index is 634. The van der Waals surface area contributed by atoms with E-state index < -0.39 is 0 Å². The molecular formula is C19H26Cl2N2O2. The van der Waals surface area contributed by atoms with Gasteiger partial charge in [-0.1, -0.05) is 30.3 Å². The Kier molecular flexibility index (Phi) is 10.2. The summed E-state index contributed by atoms with van der Waals surface area (Å²) < 4.78 is 5.76. The van der Waals surface area contributed by atoms with E-state index in [-0.39, 0.29) is 36.9 Å². The lowest BCUT2D eigenvalue weighted by molar-refractivity contribution is 0.0194. The molecule has 0 aliphatic heterocycles. The first-order valence-electron chi connectivity index (χ1n) is 7.79. The molecule has 0 aromatic heterocycles. The van der Waals surface area contributed by atoms with E-state index in [9.17, 15) is 4.79 Å². The second-order valence-electron chi connectivity index (χ2n) is 5.96. The Morgan fingerprint density at radius 1 is 1.04 bits per heavy atom. The molecule has 0 saturated heterocycles. The molecule has 0 heterocycles. The van der Waals surface area contributed by atoms with E-state index in [0.29, 0.717) is 23.8 Å². The van der Waals surface area contributed by atoms with Crippen LogP contribution in [0, 0.1) is 0 Å².